The fourth-order valence-corrected chi connectivity index (χ4v) is 2.73. The molecule has 0 bridgehead atoms. The molecule has 3 N–H and O–H groups in total. The molecule has 1 fully saturated rings. The number of benzene rings is 1. The van der Waals surface area contributed by atoms with Crippen LogP contribution >= 0.6 is 0 Å². The molecule has 1 saturated heterocycles. The summed E-state index contributed by atoms with van der Waals surface area (Å²) >= 11 is 0. The standard InChI is InChI=1S/C17H23NO4/c1-17(2,13-8-10-18-11-9-13)22-15(20)7-6-12-4-3-5-14(19)16(12)21/h3-7,13,18-19,21H,8-11H2,1-2H3/b7-6+. The van der Waals surface area contributed by atoms with Crippen LogP contribution in [0.15, 0.2) is 24.3 Å². The molecule has 0 amide bonds. The Hall–Kier alpha value is -2.01. The first-order valence-electron chi connectivity index (χ1n) is 7.53. The Kier molecular flexibility index (Phi) is 5.08. The van der Waals surface area contributed by atoms with Crippen molar-refractivity contribution in [3.8, 4) is 11.5 Å². The minimum Gasteiger partial charge on any atom is -0.504 e. The van der Waals surface area contributed by atoms with Crippen molar-refractivity contribution in [3.05, 3.63) is 29.8 Å². The molecule has 0 aromatic heterocycles. The summed E-state index contributed by atoms with van der Waals surface area (Å²) in [4.78, 5) is 12.0. The SMILES string of the molecule is CC(C)(OC(=O)/C=C/c1cccc(O)c1O)C1CCNCC1. The minimum atomic E-state index is -0.523. The predicted molar refractivity (Wildman–Crippen MR) is 84.6 cm³/mol. The number of carbonyl (C=O) groups excluding carboxylic acids is 1. The first-order valence-corrected chi connectivity index (χ1v) is 7.53. The van der Waals surface area contributed by atoms with Crippen LogP contribution in [0.4, 0.5) is 0 Å². The van der Waals surface area contributed by atoms with E-state index in [0.29, 0.717) is 11.5 Å². The Labute approximate surface area is 130 Å². The summed E-state index contributed by atoms with van der Waals surface area (Å²) in [6.45, 7) is 5.75. The third-order valence-corrected chi connectivity index (χ3v) is 4.13. The van der Waals surface area contributed by atoms with E-state index >= 15 is 0 Å². The van der Waals surface area contributed by atoms with Crippen molar-refractivity contribution >= 4 is 12.0 Å². The lowest BCUT2D eigenvalue weighted by atomic mass is 9.83. The molecule has 0 radical (unpaired) electrons. The zero-order chi connectivity index (χ0) is 16.2. The van der Waals surface area contributed by atoms with E-state index in [9.17, 15) is 15.0 Å². The molecule has 0 atom stereocenters. The van der Waals surface area contributed by atoms with Crippen LogP contribution in [0, 0.1) is 5.92 Å². The number of para-hydroxylation sites is 1. The summed E-state index contributed by atoms with van der Waals surface area (Å²) in [5.74, 6) is -0.582. The van der Waals surface area contributed by atoms with Gasteiger partial charge in [-0.25, -0.2) is 4.79 Å². The van der Waals surface area contributed by atoms with Crippen LogP contribution in [-0.2, 0) is 9.53 Å². The highest BCUT2D eigenvalue weighted by Crippen LogP contribution is 2.30. The molecule has 0 spiro atoms. The Morgan fingerprint density at radius 2 is 2.00 bits per heavy atom. The summed E-state index contributed by atoms with van der Waals surface area (Å²) in [7, 11) is 0. The molecule has 1 aliphatic heterocycles. The lowest BCUT2D eigenvalue weighted by molar-refractivity contribution is -0.156. The smallest absolute Gasteiger partial charge is 0.331 e. The maximum Gasteiger partial charge on any atom is 0.331 e. The number of ether oxygens (including phenoxy) is 1. The van der Waals surface area contributed by atoms with Crippen molar-refractivity contribution in [2.75, 3.05) is 13.1 Å². The topological polar surface area (TPSA) is 78.8 Å². The molecule has 22 heavy (non-hydrogen) atoms. The summed E-state index contributed by atoms with van der Waals surface area (Å²) in [5.41, 5.74) is -0.152. The molecule has 1 aromatic carbocycles. The number of nitrogens with one attached hydrogen (secondary N) is 1. The Morgan fingerprint density at radius 1 is 1.32 bits per heavy atom. The van der Waals surface area contributed by atoms with Gasteiger partial charge in [-0.3, -0.25) is 0 Å². The zero-order valence-electron chi connectivity index (χ0n) is 13.0. The molecule has 2 rings (SSSR count). The molecule has 1 aliphatic rings. The van der Waals surface area contributed by atoms with Gasteiger partial charge in [0, 0.05) is 17.6 Å². The third kappa shape index (κ3) is 4.01. The number of esters is 1. The van der Waals surface area contributed by atoms with Crippen LogP contribution in [0.25, 0.3) is 6.08 Å². The highest BCUT2D eigenvalue weighted by molar-refractivity contribution is 5.88. The second-order valence-corrected chi connectivity index (χ2v) is 6.10. The van der Waals surface area contributed by atoms with Gasteiger partial charge in [-0.2, -0.15) is 0 Å². The van der Waals surface area contributed by atoms with Crippen LogP contribution < -0.4 is 5.32 Å². The Morgan fingerprint density at radius 3 is 2.68 bits per heavy atom. The monoisotopic (exact) mass is 305 g/mol. The molecular weight excluding hydrogens is 282 g/mol. The van der Waals surface area contributed by atoms with Gasteiger partial charge in [0.05, 0.1) is 0 Å². The summed E-state index contributed by atoms with van der Waals surface area (Å²) in [5, 5.41) is 22.4. The second kappa shape index (κ2) is 6.83. The molecule has 120 valence electrons. The molecular formula is C17H23NO4. The molecule has 1 aromatic rings. The van der Waals surface area contributed by atoms with Crippen molar-refractivity contribution in [3.63, 3.8) is 0 Å². The van der Waals surface area contributed by atoms with Gasteiger partial charge < -0.3 is 20.3 Å². The second-order valence-electron chi connectivity index (χ2n) is 6.10. The maximum atomic E-state index is 12.0. The fraction of sp³-hybridized carbons (Fsp3) is 0.471. The molecule has 0 unspecified atom stereocenters. The molecule has 0 saturated carbocycles. The van der Waals surface area contributed by atoms with Crippen molar-refractivity contribution in [2.45, 2.75) is 32.3 Å². The van der Waals surface area contributed by atoms with Crippen molar-refractivity contribution in [2.24, 2.45) is 5.92 Å². The summed E-state index contributed by atoms with van der Waals surface area (Å²) in [6, 6.07) is 4.58. The number of phenolic OH excluding ortho intramolecular Hbond substituents is 2. The van der Waals surface area contributed by atoms with E-state index in [1.54, 1.807) is 12.1 Å². The normalized spacial score (nSPS) is 16.8. The number of piperidine rings is 1. The maximum absolute atomic E-state index is 12.0. The minimum absolute atomic E-state index is 0.217. The van der Waals surface area contributed by atoms with E-state index in [1.807, 2.05) is 13.8 Å². The number of phenols is 2. The average Bonchev–Trinajstić information content (AvgIpc) is 2.49. The zero-order valence-corrected chi connectivity index (χ0v) is 13.0. The van der Waals surface area contributed by atoms with Gasteiger partial charge in [0.2, 0.25) is 0 Å². The summed E-state index contributed by atoms with van der Waals surface area (Å²) in [6.07, 6.45) is 4.68. The van der Waals surface area contributed by atoms with Gasteiger partial charge in [-0.1, -0.05) is 12.1 Å². The van der Waals surface area contributed by atoms with Crippen molar-refractivity contribution in [1.29, 1.82) is 0 Å². The highest BCUT2D eigenvalue weighted by Gasteiger charge is 2.33. The number of hydrogen-bond acceptors (Lipinski definition) is 5. The number of aromatic hydroxyl groups is 2. The lowest BCUT2D eigenvalue weighted by Crippen LogP contribution is -2.42. The van der Waals surface area contributed by atoms with Crippen LogP contribution in [0.1, 0.15) is 32.3 Å². The fourth-order valence-electron chi connectivity index (χ4n) is 2.73. The van der Waals surface area contributed by atoms with Crippen LogP contribution in [0.3, 0.4) is 0 Å². The molecule has 5 heteroatoms. The molecule has 0 aliphatic carbocycles. The van der Waals surface area contributed by atoms with Gasteiger partial charge in [0.1, 0.15) is 5.60 Å². The summed E-state index contributed by atoms with van der Waals surface area (Å²) < 4.78 is 5.57. The quantitative estimate of drug-likeness (QED) is 0.452. The van der Waals surface area contributed by atoms with Crippen LogP contribution in [0.2, 0.25) is 0 Å². The first-order chi connectivity index (χ1) is 10.4. The van der Waals surface area contributed by atoms with Gasteiger partial charge >= 0.3 is 5.97 Å². The number of hydrogen-bond donors (Lipinski definition) is 3. The van der Waals surface area contributed by atoms with Crippen LogP contribution in [0.5, 0.6) is 11.5 Å². The van der Waals surface area contributed by atoms with Gasteiger partial charge in [-0.05, 0) is 51.9 Å². The van der Waals surface area contributed by atoms with E-state index in [-0.39, 0.29) is 11.5 Å². The van der Waals surface area contributed by atoms with E-state index in [0.717, 1.165) is 25.9 Å². The van der Waals surface area contributed by atoms with E-state index in [4.69, 9.17) is 4.74 Å². The molecule has 1 heterocycles. The van der Waals surface area contributed by atoms with E-state index in [2.05, 4.69) is 5.32 Å². The average molecular weight is 305 g/mol. The number of rotatable bonds is 4. The van der Waals surface area contributed by atoms with E-state index < -0.39 is 11.6 Å². The number of carbonyl (C=O) groups is 1. The third-order valence-electron chi connectivity index (χ3n) is 4.13. The van der Waals surface area contributed by atoms with Gasteiger partial charge in [-0.15, -0.1) is 0 Å². The highest BCUT2D eigenvalue weighted by atomic mass is 16.6. The van der Waals surface area contributed by atoms with Gasteiger partial charge in [0.15, 0.2) is 11.5 Å². The largest absolute Gasteiger partial charge is 0.504 e. The van der Waals surface area contributed by atoms with Crippen molar-refractivity contribution in [1.82, 2.24) is 5.32 Å². The molecule has 5 nitrogen and oxygen atoms in total. The predicted octanol–water partition coefficient (Wildman–Crippen LogP) is 2.43. The van der Waals surface area contributed by atoms with E-state index in [1.165, 1.54) is 18.2 Å². The van der Waals surface area contributed by atoms with Gasteiger partial charge in [0.25, 0.3) is 0 Å². The lowest BCUT2D eigenvalue weighted by Gasteiger charge is -2.36. The Balaban J connectivity index is 1.99. The first kappa shape index (κ1) is 16.4. The van der Waals surface area contributed by atoms with Crippen LogP contribution in [-0.4, -0.2) is 34.9 Å². The van der Waals surface area contributed by atoms with Crippen molar-refractivity contribution < 1.29 is 19.7 Å². The Bertz CT molecular complexity index is 560.